The summed E-state index contributed by atoms with van der Waals surface area (Å²) >= 11 is 0. The number of aromatic hydroxyl groups is 1. The van der Waals surface area contributed by atoms with Crippen molar-refractivity contribution in [3.8, 4) is 17.0 Å². The van der Waals surface area contributed by atoms with Gasteiger partial charge in [-0.3, -0.25) is 9.59 Å². The molecule has 2 aliphatic heterocycles. The standard InChI is InChI=1S/C33H42N6O7S2/c1-35(2)47(43,44)34-32(41)23-10-12-28-29(20-23)39-21-25(33(42)37-14-16-38(17-15-37)48(45,46)36(3)4)18-24-19-26(40)11-13-27(24)31(39)30(28)22-8-6-5-7-9-22/h10-13,18-20,22,40H,5-9,14-17,21H2,1-4H3,(H,34,41). The molecule has 0 radical (unpaired) electrons. The number of fused-ring (bicyclic) bond motifs is 5. The van der Waals surface area contributed by atoms with E-state index >= 15 is 0 Å². The van der Waals surface area contributed by atoms with Crippen LogP contribution in [0.1, 0.15) is 59.5 Å². The van der Waals surface area contributed by atoms with E-state index in [0.717, 1.165) is 62.9 Å². The number of aromatic nitrogens is 1. The summed E-state index contributed by atoms with van der Waals surface area (Å²) < 4.78 is 58.0. The van der Waals surface area contributed by atoms with E-state index in [-0.39, 0.29) is 55.9 Å². The molecule has 0 unspecified atom stereocenters. The number of hydrogen-bond acceptors (Lipinski definition) is 7. The van der Waals surface area contributed by atoms with Crippen LogP contribution >= 0.6 is 0 Å². The minimum atomic E-state index is -4.03. The molecule has 48 heavy (non-hydrogen) atoms. The van der Waals surface area contributed by atoms with Gasteiger partial charge in [-0.25, -0.2) is 4.72 Å². The minimum absolute atomic E-state index is 0.0594. The van der Waals surface area contributed by atoms with E-state index in [1.807, 2.05) is 16.7 Å². The van der Waals surface area contributed by atoms with Crippen LogP contribution in [0.3, 0.4) is 0 Å². The summed E-state index contributed by atoms with van der Waals surface area (Å²) in [5, 5.41) is 11.5. The summed E-state index contributed by atoms with van der Waals surface area (Å²) in [4.78, 5) is 29.1. The van der Waals surface area contributed by atoms with Gasteiger partial charge in [0.25, 0.3) is 22.0 Å². The van der Waals surface area contributed by atoms with Crippen molar-refractivity contribution in [3.05, 3.63) is 58.7 Å². The van der Waals surface area contributed by atoms with Gasteiger partial charge in [0.15, 0.2) is 0 Å². The maximum absolute atomic E-state index is 14.2. The third kappa shape index (κ3) is 6.25. The second kappa shape index (κ2) is 12.9. The second-order valence-corrected chi connectivity index (χ2v) is 17.1. The summed E-state index contributed by atoms with van der Waals surface area (Å²) in [5.74, 6) is -0.719. The van der Waals surface area contributed by atoms with Crippen molar-refractivity contribution in [1.29, 1.82) is 0 Å². The fraction of sp³-hybridized carbons (Fsp3) is 0.455. The normalized spacial score (nSPS) is 18.0. The predicted octanol–water partition coefficient (Wildman–Crippen LogP) is 2.95. The monoisotopic (exact) mass is 698 g/mol. The Labute approximate surface area is 281 Å². The number of nitrogens with one attached hydrogen (secondary N) is 1. The van der Waals surface area contributed by atoms with E-state index in [0.29, 0.717) is 16.7 Å². The number of benzene rings is 2. The first kappa shape index (κ1) is 34.1. The summed E-state index contributed by atoms with van der Waals surface area (Å²) in [5.41, 5.74) is 4.86. The number of carbonyl (C=O) groups is 2. The highest BCUT2D eigenvalue weighted by atomic mass is 32.2. The third-order valence-electron chi connectivity index (χ3n) is 9.62. The van der Waals surface area contributed by atoms with Crippen molar-refractivity contribution in [1.82, 2.24) is 27.1 Å². The largest absolute Gasteiger partial charge is 0.508 e. The molecular weight excluding hydrogens is 657 g/mol. The van der Waals surface area contributed by atoms with E-state index in [1.54, 1.807) is 35.2 Å². The zero-order chi connectivity index (χ0) is 34.5. The smallest absolute Gasteiger partial charge is 0.303 e. The van der Waals surface area contributed by atoms with Crippen LogP contribution in [0.25, 0.3) is 28.2 Å². The van der Waals surface area contributed by atoms with Gasteiger partial charge in [0.05, 0.1) is 12.2 Å². The molecule has 1 saturated carbocycles. The van der Waals surface area contributed by atoms with Gasteiger partial charge in [-0.1, -0.05) is 25.3 Å². The van der Waals surface area contributed by atoms with Crippen molar-refractivity contribution in [2.75, 3.05) is 54.4 Å². The first-order valence-electron chi connectivity index (χ1n) is 16.1. The molecule has 2 aromatic carbocycles. The average molecular weight is 699 g/mol. The molecular formula is C33H42N6O7S2. The molecule has 15 heteroatoms. The number of piperazine rings is 1. The Kier molecular flexibility index (Phi) is 9.19. The Morgan fingerprint density at radius 1 is 0.875 bits per heavy atom. The van der Waals surface area contributed by atoms with Gasteiger partial charge in [0.1, 0.15) is 5.75 Å². The number of rotatable bonds is 7. The molecule has 3 heterocycles. The lowest BCUT2D eigenvalue weighted by Gasteiger charge is -2.35. The summed E-state index contributed by atoms with van der Waals surface area (Å²) in [6.45, 7) is 0.911. The molecule has 3 aromatic rings. The lowest BCUT2D eigenvalue weighted by Crippen LogP contribution is -2.53. The Morgan fingerprint density at radius 2 is 1.56 bits per heavy atom. The number of carbonyl (C=O) groups excluding carboxylic acids is 2. The zero-order valence-electron chi connectivity index (χ0n) is 27.6. The SMILES string of the molecule is CN(C)S(=O)(=O)NC(=O)c1ccc2c(C3CCCCC3)c3n(c2c1)CC(C(=O)N1CCN(S(=O)(=O)N(C)C)CC1)=Cc1cc(O)ccc1-3. The van der Waals surface area contributed by atoms with E-state index < -0.39 is 26.3 Å². The first-order chi connectivity index (χ1) is 22.7. The number of nitrogens with zero attached hydrogens (tertiary/aromatic N) is 5. The van der Waals surface area contributed by atoms with Gasteiger partial charge in [0.2, 0.25) is 0 Å². The van der Waals surface area contributed by atoms with E-state index in [1.165, 1.54) is 32.5 Å². The van der Waals surface area contributed by atoms with Gasteiger partial charge in [-0.05, 0) is 66.3 Å². The maximum Gasteiger partial charge on any atom is 0.303 e. The van der Waals surface area contributed by atoms with Gasteiger partial charge in [-0.15, -0.1) is 0 Å². The van der Waals surface area contributed by atoms with Gasteiger partial charge in [-0.2, -0.15) is 29.8 Å². The van der Waals surface area contributed by atoms with Crippen LogP contribution in [-0.2, 0) is 31.8 Å². The molecule has 2 N–H and O–H groups in total. The molecule has 1 aromatic heterocycles. The fourth-order valence-corrected chi connectivity index (χ4v) is 8.64. The van der Waals surface area contributed by atoms with Gasteiger partial charge >= 0.3 is 10.2 Å². The number of phenols is 1. The molecule has 0 atom stereocenters. The molecule has 6 rings (SSSR count). The third-order valence-corrected chi connectivity index (χ3v) is 13.0. The van der Waals surface area contributed by atoms with Crippen LogP contribution in [-0.4, -0.2) is 111 Å². The number of hydrogen-bond donors (Lipinski definition) is 2. The molecule has 13 nitrogen and oxygen atoms in total. The van der Waals surface area contributed by atoms with E-state index in [9.17, 15) is 31.5 Å². The Morgan fingerprint density at radius 3 is 2.21 bits per heavy atom. The fourth-order valence-electron chi connectivity index (χ4n) is 7.02. The topological polar surface area (TPSA) is 153 Å². The lowest BCUT2D eigenvalue weighted by molar-refractivity contribution is -0.128. The zero-order valence-corrected chi connectivity index (χ0v) is 29.3. The minimum Gasteiger partial charge on any atom is -0.508 e. The van der Waals surface area contributed by atoms with Crippen LogP contribution in [0.5, 0.6) is 5.75 Å². The number of amides is 2. The van der Waals surface area contributed by atoms with Crippen LogP contribution in [0.15, 0.2) is 42.0 Å². The predicted molar refractivity (Wildman–Crippen MR) is 184 cm³/mol. The number of phenolic OH excluding ortho intramolecular Hbond substituents is 1. The molecule has 0 spiro atoms. The van der Waals surface area contributed by atoms with Gasteiger partial charge in [0, 0.05) is 82.0 Å². The van der Waals surface area contributed by atoms with E-state index in [4.69, 9.17) is 0 Å². The van der Waals surface area contributed by atoms with Crippen LogP contribution in [0.4, 0.5) is 0 Å². The molecule has 258 valence electrons. The van der Waals surface area contributed by atoms with Crippen molar-refractivity contribution in [3.63, 3.8) is 0 Å². The Bertz CT molecular complexity index is 2020. The van der Waals surface area contributed by atoms with Gasteiger partial charge < -0.3 is 14.6 Å². The second-order valence-electron chi connectivity index (χ2n) is 13.1. The summed E-state index contributed by atoms with van der Waals surface area (Å²) in [6, 6.07) is 10.3. The maximum atomic E-state index is 14.2. The summed E-state index contributed by atoms with van der Waals surface area (Å²) in [6.07, 6.45) is 7.09. The summed E-state index contributed by atoms with van der Waals surface area (Å²) in [7, 11) is -2.01. The highest BCUT2D eigenvalue weighted by Gasteiger charge is 2.34. The average Bonchev–Trinajstić information content (AvgIpc) is 3.27. The molecule has 1 aliphatic carbocycles. The molecule has 1 saturated heterocycles. The quantitative estimate of drug-likeness (QED) is 0.385. The van der Waals surface area contributed by atoms with E-state index in [2.05, 4.69) is 4.72 Å². The van der Waals surface area contributed by atoms with Crippen molar-refractivity contribution < 1.29 is 31.5 Å². The van der Waals surface area contributed by atoms with Crippen LogP contribution in [0, 0.1) is 0 Å². The molecule has 2 amide bonds. The molecule has 0 bridgehead atoms. The molecule has 3 aliphatic rings. The van der Waals surface area contributed by atoms with Crippen molar-refractivity contribution >= 4 is 49.2 Å². The van der Waals surface area contributed by atoms with Crippen LogP contribution < -0.4 is 4.72 Å². The Balaban J connectivity index is 1.46. The van der Waals surface area contributed by atoms with Crippen LogP contribution in [0.2, 0.25) is 0 Å². The highest BCUT2D eigenvalue weighted by Crippen LogP contribution is 2.47. The van der Waals surface area contributed by atoms with Crippen molar-refractivity contribution in [2.24, 2.45) is 0 Å². The first-order valence-corrected chi connectivity index (χ1v) is 18.9. The lowest BCUT2D eigenvalue weighted by atomic mass is 9.81. The van der Waals surface area contributed by atoms with Crippen molar-refractivity contribution in [2.45, 2.75) is 44.6 Å². The highest BCUT2D eigenvalue weighted by molar-refractivity contribution is 7.87. The Hall–Kier alpha value is -3.76. The molecule has 2 fully saturated rings.